The van der Waals surface area contributed by atoms with Gasteiger partial charge in [-0.25, -0.2) is 0 Å². The lowest BCUT2D eigenvalue weighted by Crippen LogP contribution is -2.56. The van der Waals surface area contributed by atoms with E-state index in [1.54, 1.807) is 0 Å². The molecular weight excluding hydrogens is 260 g/mol. The number of nitrogens with zero attached hydrogens (tertiary/aromatic N) is 1. The lowest BCUT2D eigenvalue weighted by molar-refractivity contribution is 0.104. The second-order valence-corrected chi connectivity index (χ2v) is 6.12. The Morgan fingerprint density at radius 2 is 2.19 bits per heavy atom. The van der Waals surface area contributed by atoms with Crippen molar-refractivity contribution in [2.24, 2.45) is 0 Å². The molecular formula is C18H30N2O. The summed E-state index contributed by atoms with van der Waals surface area (Å²) in [6.07, 6.45) is 3.73. The summed E-state index contributed by atoms with van der Waals surface area (Å²) in [6, 6.07) is 9.61. The molecule has 1 aromatic rings. The maximum Gasteiger partial charge on any atom is 0.119 e. The molecule has 118 valence electrons. The molecule has 2 unspecified atom stereocenters. The van der Waals surface area contributed by atoms with E-state index in [-0.39, 0.29) is 0 Å². The van der Waals surface area contributed by atoms with E-state index in [0.717, 1.165) is 32.0 Å². The standard InChI is InChI=1S/C18H30N2O/c1-4-7-16-14-20(17(5-2)13-19-16)10-11-21-18-9-6-8-15(3)12-18/h6,8-9,12,16-17,19H,4-5,7,10-11,13-14H2,1-3H3. The Bertz CT molecular complexity index is 421. The zero-order valence-electron chi connectivity index (χ0n) is 13.8. The average Bonchev–Trinajstić information content (AvgIpc) is 2.48. The summed E-state index contributed by atoms with van der Waals surface area (Å²) in [4.78, 5) is 2.60. The van der Waals surface area contributed by atoms with Crippen LogP contribution < -0.4 is 10.1 Å². The number of aryl methyl sites for hydroxylation is 1. The van der Waals surface area contributed by atoms with Crippen molar-refractivity contribution in [2.45, 2.75) is 52.1 Å². The van der Waals surface area contributed by atoms with Crippen LogP contribution in [0.15, 0.2) is 24.3 Å². The second kappa shape index (κ2) is 8.40. The molecule has 0 aliphatic carbocycles. The van der Waals surface area contributed by atoms with Gasteiger partial charge in [0.15, 0.2) is 0 Å². The van der Waals surface area contributed by atoms with Crippen LogP contribution in [-0.2, 0) is 0 Å². The number of benzene rings is 1. The SMILES string of the molecule is CCCC1CN(CCOc2cccc(C)c2)C(CC)CN1. The van der Waals surface area contributed by atoms with Gasteiger partial charge < -0.3 is 10.1 Å². The summed E-state index contributed by atoms with van der Waals surface area (Å²) in [6.45, 7) is 10.7. The molecule has 21 heavy (non-hydrogen) atoms. The van der Waals surface area contributed by atoms with E-state index in [2.05, 4.69) is 49.2 Å². The maximum atomic E-state index is 5.92. The molecule has 0 amide bonds. The van der Waals surface area contributed by atoms with Crippen molar-refractivity contribution in [2.75, 3.05) is 26.2 Å². The summed E-state index contributed by atoms with van der Waals surface area (Å²) in [7, 11) is 0. The highest BCUT2D eigenvalue weighted by atomic mass is 16.5. The molecule has 1 saturated heterocycles. The Labute approximate surface area is 129 Å². The molecule has 2 atom stereocenters. The predicted molar refractivity (Wildman–Crippen MR) is 89.0 cm³/mol. The van der Waals surface area contributed by atoms with Gasteiger partial charge in [-0.3, -0.25) is 4.90 Å². The second-order valence-electron chi connectivity index (χ2n) is 6.12. The van der Waals surface area contributed by atoms with E-state index in [9.17, 15) is 0 Å². The molecule has 0 bridgehead atoms. The van der Waals surface area contributed by atoms with Crippen molar-refractivity contribution in [3.05, 3.63) is 29.8 Å². The smallest absolute Gasteiger partial charge is 0.119 e. The van der Waals surface area contributed by atoms with Crippen molar-refractivity contribution in [1.29, 1.82) is 0 Å². The molecule has 1 N–H and O–H groups in total. The van der Waals surface area contributed by atoms with Gasteiger partial charge in [-0.2, -0.15) is 0 Å². The fourth-order valence-corrected chi connectivity index (χ4v) is 3.13. The summed E-state index contributed by atoms with van der Waals surface area (Å²) >= 11 is 0. The highest BCUT2D eigenvalue weighted by Crippen LogP contribution is 2.15. The number of hydrogen-bond acceptors (Lipinski definition) is 3. The molecule has 0 radical (unpaired) electrons. The van der Waals surface area contributed by atoms with E-state index < -0.39 is 0 Å². The molecule has 1 aliphatic heterocycles. The lowest BCUT2D eigenvalue weighted by atomic mass is 10.0. The largest absolute Gasteiger partial charge is 0.492 e. The van der Waals surface area contributed by atoms with Crippen LogP contribution in [-0.4, -0.2) is 43.2 Å². The zero-order valence-corrected chi connectivity index (χ0v) is 13.8. The Morgan fingerprint density at radius 1 is 1.33 bits per heavy atom. The molecule has 3 nitrogen and oxygen atoms in total. The third-order valence-corrected chi connectivity index (χ3v) is 4.36. The first-order valence-electron chi connectivity index (χ1n) is 8.39. The molecule has 1 heterocycles. The highest BCUT2D eigenvalue weighted by molar-refractivity contribution is 5.27. The molecule has 3 heteroatoms. The van der Waals surface area contributed by atoms with E-state index in [4.69, 9.17) is 4.74 Å². The summed E-state index contributed by atoms with van der Waals surface area (Å²) in [5.41, 5.74) is 1.25. The Morgan fingerprint density at radius 3 is 2.90 bits per heavy atom. The van der Waals surface area contributed by atoms with Gasteiger partial charge in [0.05, 0.1) is 0 Å². The fraction of sp³-hybridized carbons (Fsp3) is 0.667. The minimum atomic E-state index is 0.650. The first-order valence-corrected chi connectivity index (χ1v) is 8.39. The number of ether oxygens (including phenoxy) is 1. The topological polar surface area (TPSA) is 24.5 Å². The van der Waals surface area contributed by atoms with Crippen LogP contribution in [0, 0.1) is 6.92 Å². The molecule has 0 saturated carbocycles. The van der Waals surface area contributed by atoms with Crippen molar-refractivity contribution in [3.8, 4) is 5.75 Å². The van der Waals surface area contributed by atoms with Crippen LogP contribution in [0.5, 0.6) is 5.75 Å². The lowest BCUT2D eigenvalue weighted by Gasteiger charge is -2.40. The van der Waals surface area contributed by atoms with Crippen LogP contribution in [0.4, 0.5) is 0 Å². The van der Waals surface area contributed by atoms with Crippen LogP contribution >= 0.6 is 0 Å². The van der Waals surface area contributed by atoms with E-state index in [0.29, 0.717) is 12.1 Å². The van der Waals surface area contributed by atoms with Crippen molar-refractivity contribution in [3.63, 3.8) is 0 Å². The first-order chi connectivity index (χ1) is 10.2. The van der Waals surface area contributed by atoms with Gasteiger partial charge in [0, 0.05) is 31.7 Å². The molecule has 1 aliphatic rings. The van der Waals surface area contributed by atoms with Crippen LogP contribution in [0.1, 0.15) is 38.7 Å². The molecule has 2 rings (SSSR count). The first kappa shape index (κ1) is 16.3. The van der Waals surface area contributed by atoms with Crippen LogP contribution in [0.2, 0.25) is 0 Å². The maximum absolute atomic E-state index is 5.92. The average molecular weight is 290 g/mol. The fourth-order valence-electron chi connectivity index (χ4n) is 3.13. The number of piperazine rings is 1. The van der Waals surface area contributed by atoms with Gasteiger partial charge in [0.1, 0.15) is 12.4 Å². The third-order valence-electron chi connectivity index (χ3n) is 4.36. The normalized spacial score (nSPS) is 23.2. The minimum Gasteiger partial charge on any atom is -0.492 e. The van der Waals surface area contributed by atoms with Gasteiger partial charge in [0.25, 0.3) is 0 Å². The predicted octanol–water partition coefficient (Wildman–Crippen LogP) is 3.23. The van der Waals surface area contributed by atoms with Gasteiger partial charge in [-0.15, -0.1) is 0 Å². The molecule has 1 fully saturated rings. The quantitative estimate of drug-likeness (QED) is 0.834. The Balaban J connectivity index is 1.81. The van der Waals surface area contributed by atoms with Crippen molar-refractivity contribution in [1.82, 2.24) is 10.2 Å². The summed E-state index contributed by atoms with van der Waals surface area (Å²) < 4.78 is 5.92. The van der Waals surface area contributed by atoms with Crippen molar-refractivity contribution < 1.29 is 4.74 Å². The van der Waals surface area contributed by atoms with Gasteiger partial charge in [0.2, 0.25) is 0 Å². The van der Waals surface area contributed by atoms with Gasteiger partial charge in [-0.1, -0.05) is 32.4 Å². The molecule has 0 aromatic heterocycles. The molecule has 0 spiro atoms. The van der Waals surface area contributed by atoms with Crippen molar-refractivity contribution >= 4 is 0 Å². The highest BCUT2D eigenvalue weighted by Gasteiger charge is 2.25. The minimum absolute atomic E-state index is 0.650. The van der Waals surface area contributed by atoms with Gasteiger partial charge in [-0.05, 0) is 37.5 Å². The Hall–Kier alpha value is -1.06. The molecule has 1 aromatic carbocycles. The van der Waals surface area contributed by atoms with Crippen LogP contribution in [0.3, 0.4) is 0 Å². The van der Waals surface area contributed by atoms with Gasteiger partial charge >= 0.3 is 0 Å². The monoisotopic (exact) mass is 290 g/mol. The van der Waals surface area contributed by atoms with E-state index >= 15 is 0 Å². The number of hydrogen-bond donors (Lipinski definition) is 1. The zero-order chi connectivity index (χ0) is 15.1. The summed E-state index contributed by atoms with van der Waals surface area (Å²) in [5, 5.41) is 3.68. The van der Waals surface area contributed by atoms with E-state index in [1.165, 1.54) is 24.8 Å². The van der Waals surface area contributed by atoms with Crippen LogP contribution in [0.25, 0.3) is 0 Å². The third kappa shape index (κ3) is 5.01. The Kier molecular flexibility index (Phi) is 6.52. The number of rotatable bonds is 7. The van der Waals surface area contributed by atoms with E-state index in [1.807, 2.05) is 6.07 Å². The number of nitrogens with one attached hydrogen (secondary N) is 1. The summed E-state index contributed by atoms with van der Waals surface area (Å²) in [5.74, 6) is 0.989.